The van der Waals surface area contributed by atoms with Crippen molar-refractivity contribution in [2.75, 3.05) is 7.11 Å². The van der Waals surface area contributed by atoms with E-state index in [0.29, 0.717) is 0 Å². The Bertz CT molecular complexity index is 205. The Morgan fingerprint density at radius 2 is 2.23 bits per heavy atom. The van der Waals surface area contributed by atoms with E-state index in [1.807, 2.05) is 0 Å². The number of methoxy groups -OCH3 is 1. The molecule has 7 heteroatoms. The average molecular weight is 212 g/mol. The minimum Gasteiger partial charge on any atom is -0.438 e. The molecule has 0 bridgehead atoms. The van der Waals surface area contributed by atoms with Crippen molar-refractivity contribution in [1.29, 1.82) is 0 Å². The van der Waals surface area contributed by atoms with E-state index in [4.69, 9.17) is 4.18 Å². The van der Waals surface area contributed by atoms with Gasteiger partial charge in [0.15, 0.2) is 0 Å². The second-order valence-corrected chi connectivity index (χ2v) is 4.48. The van der Waals surface area contributed by atoms with Crippen LogP contribution >= 0.6 is 10.9 Å². The fraction of sp³-hybridized carbons (Fsp3) is 0.833. The quantitative estimate of drug-likeness (QED) is 0.642. The Morgan fingerprint density at radius 1 is 1.62 bits per heavy atom. The van der Waals surface area contributed by atoms with Gasteiger partial charge in [-0.3, -0.25) is 4.18 Å². The fourth-order valence-electron chi connectivity index (χ4n) is 1.01. The second kappa shape index (κ2) is 3.70. The minimum atomic E-state index is -3.26. The van der Waals surface area contributed by atoms with Crippen LogP contribution in [0.3, 0.4) is 0 Å². The average Bonchev–Trinajstić information content (AvgIpc) is 2.24. The van der Waals surface area contributed by atoms with Gasteiger partial charge in [0, 0.05) is 6.42 Å². The van der Waals surface area contributed by atoms with Crippen LogP contribution < -0.4 is 0 Å². The van der Waals surface area contributed by atoms with E-state index in [-0.39, 0.29) is 12.5 Å². The van der Waals surface area contributed by atoms with E-state index < -0.39 is 22.5 Å². The highest BCUT2D eigenvalue weighted by Crippen LogP contribution is 2.54. The molecule has 2 atom stereocenters. The fourth-order valence-corrected chi connectivity index (χ4v) is 2.42. The van der Waals surface area contributed by atoms with Gasteiger partial charge in [-0.1, -0.05) is 0 Å². The summed E-state index contributed by atoms with van der Waals surface area (Å²) in [5.74, 6) is 0. The summed E-state index contributed by atoms with van der Waals surface area (Å²) in [4.78, 5) is 10.7. The molecule has 1 rings (SSSR count). The Morgan fingerprint density at radius 3 is 2.62 bits per heavy atom. The molecule has 1 fully saturated rings. The SMILES string of the molecule is COC(=O)OC1CC(C)OS1(O)O. The largest absolute Gasteiger partial charge is 0.509 e. The van der Waals surface area contributed by atoms with Crippen LogP contribution in [-0.4, -0.2) is 33.9 Å². The Hall–Kier alpha value is -0.500. The van der Waals surface area contributed by atoms with Crippen molar-refractivity contribution < 1.29 is 27.6 Å². The number of ether oxygens (including phenoxy) is 2. The molecule has 0 radical (unpaired) electrons. The molecule has 0 aromatic rings. The molecule has 2 N–H and O–H groups in total. The van der Waals surface area contributed by atoms with Crippen molar-refractivity contribution in [1.82, 2.24) is 0 Å². The number of hydrogen-bond donors (Lipinski definition) is 2. The molecule has 13 heavy (non-hydrogen) atoms. The highest BCUT2D eigenvalue weighted by atomic mass is 32.3. The van der Waals surface area contributed by atoms with Crippen molar-refractivity contribution in [3.8, 4) is 0 Å². The van der Waals surface area contributed by atoms with Gasteiger partial charge in [-0.2, -0.15) is 0 Å². The smallest absolute Gasteiger partial charge is 0.438 e. The van der Waals surface area contributed by atoms with Crippen LogP contribution in [0.25, 0.3) is 0 Å². The van der Waals surface area contributed by atoms with Crippen LogP contribution in [0.15, 0.2) is 0 Å². The summed E-state index contributed by atoms with van der Waals surface area (Å²) in [5.41, 5.74) is -1.02. The van der Waals surface area contributed by atoms with Gasteiger partial charge in [0.25, 0.3) is 0 Å². The zero-order chi connectivity index (χ0) is 10.1. The Kier molecular flexibility index (Phi) is 3.01. The highest BCUT2D eigenvalue weighted by molar-refractivity contribution is 8.20. The molecule has 0 saturated carbocycles. The molecule has 2 unspecified atom stereocenters. The number of carbonyl (C=O) groups is 1. The number of carbonyl (C=O) groups excluding carboxylic acids is 1. The lowest BCUT2D eigenvalue weighted by molar-refractivity contribution is 0.0582. The zero-order valence-corrected chi connectivity index (χ0v) is 8.11. The zero-order valence-electron chi connectivity index (χ0n) is 7.30. The first kappa shape index (κ1) is 10.6. The topological polar surface area (TPSA) is 85.2 Å². The summed E-state index contributed by atoms with van der Waals surface area (Å²) >= 11 is 0. The molecule has 0 amide bonds. The lowest BCUT2D eigenvalue weighted by Gasteiger charge is -2.25. The van der Waals surface area contributed by atoms with Crippen molar-refractivity contribution in [3.63, 3.8) is 0 Å². The standard InChI is InChI=1S/C6H12O6S/c1-4-3-5(11-6(7)10-2)13(8,9)12-4/h4-5,8-9H,3H2,1-2H3. The van der Waals surface area contributed by atoms with Gasteiger partial charge in [-0.25, -0.2) is 4.79 Å². The van der Waals surface area contributed by atoms with Crippen molar-refractivity contribution >= 4 is 17.0 Å². The normalized spacial score (nSPS) is 33.8. The summed E-state index contributed by atoms with van der Waals surface area (Å²) < 4.78 is 32.1. The van der Waals surface area contributed by atoms with E-state index in [9.17, 15) is 13.9 Å². The van der Waals surface area contributed by atoms with Gasteiger partial charge in [-0.15, -0.1) is 0 Å². The van der Waals surface area contributed by atoms with E-state index in [0.717, 1.165) is 7.11 Å². The summed E-state index contributed by atoms with van der Waals surface area (Å²) in [5, 5.41) is 0. The molecule has 6 nitrogen and oxygen atoms in total. The highest BCUT2D eigenvalue weighted by Gasteiger charge is 2.43. The van der Waals surface area contributed by atoms with Gasteiger partial charge in [-0.05, 0) is 6.92 Å². The lowest BCUT2D eigenvalue weighted by atomic mass is 10.3. The van der Waals surface area contributed by atoms with E-state index in [1.54, 1.807) is 6.92 Å². The maximum atomic E-state index is 10.7. The lowest BCUT2D eigenvalue weighted by Crippen LogP contribution is -2.20. The monoisotopic (exact) mass is 212 g/mol. The predicted octanol–water partition coefficient (Wildman–Crippen LogP) is 1.57. The van der Waals surface area contributed by atoms with Crippen LogP contribution in [0.4, 0.5) is 4.79 Å². The number of hydrogen-bond acceptors (Lipinski definition) is 6. The summed E-state index contributed by atoms with van der Waals surface area (Å²) in [6, 6.07) is 0. The third-order valence-electron chi connectivity index (χ3n) is 1.57. The summed E-state index contributed by atoms with van der Waals surface area (Å²) in [6.45, 7) is 1.66. The van der Waals surface area contributed by atoms with Crippen LogP contribution in [0.5, 0.6) is 0 Å². The third kappa shape index (κ3) is 2.47. The maximum Gasteiger partial charge on any atom is 0.509 e. The van der Waals surface area contributed by atoms with Gasteiger partial charge in [0.2, 0.25) is 5.44 Å². The van der Waals surface area contributed by atoms with Crippen LogP contribution in [-0.2, 0) is 13.7 Å². The van der Waals surface area contributed by atoms with E-state index in [2.05, 4.69) is 9.47 Å². The molecule has 1 heterocycles. The first-order valence-corrected chi connectivity index (χ1v) is 5.19. The van der Waals surface area contributed by atoms with Gasteiger partial charge in [0.1, 0.15) is 10.9 Å². The van der Waals surface area contributed by atoms with Crippen molar-refractivity contribution in [3.05, 3.63) is 0 Å². The van der Waals surface area contributed by atoms with E-state index >= 15 is 0 Å². The molecule has 78 valence electrons. The van der Waals surface area contributed by atoms with Gasteiger partial charge >= 0.3 is 6.16 Å². The Balaban J connectivity index is 2.55. The number of rotatable bonds is 1. The molecular weight excluding hydrogens is 200 g/mol. The predicted molar refractivity (Wildman–Crippen MR) is 45.3 cm³/mol. The molecular formula is C6H12O6S. The van der Waals surface area contributed by atoms with Crippen LogP contribution in [0.1, 0.15) is 13.3 Å². The minimum absolute atomic E-state index is 0.261. The molecule has 1 aliphatic rings. The molecule has 1 saturated heterocycles. The van der Waals surface area contributed by atoms with E-state index in [1.165, 1.54) is 0 Å². The molecule has 1 aliphatic heterocycles. The van der Waals surface area contributed by atoms with Crippen LogP contribution in [0.2, 0.25) is 0 Å². The first-order chi connectivity index (χ1) is 5.95. The van der Waals surface area contributed by atoms with Gasteiger partial charge in [0.05, 0.1) is 13.2 Å². The van der Waals surface area contributed by atoms with Gasteiger partial charge < -0.3 is 18.6 Å². The van der Waals surface area contributed by atoms with Crippen molar-refractivity contribution in [2.45, 2.75) is 24.9 Å². The summed E-state index contributed by atoms with van der Waals surface area (Å²) in [7, 11) is -2.12. The molecule has 0 aliphatic carbocycles. The third-order valence-corrected chi connectivity index (χ3v) is 3.15. The van der Waals surface area contributed by atoms with Crippen LogP contribution in [0, 0.1) is 0 Å². The first-order valence-electron chi connectivity index (χ1n) is 3.65. The molecule has 0 aromatic heterocycles. The Labute approximate surface area is 77.3 Å². The molecule has 0 aromatic carbocycles. The van der Waals surface area contributed by atoms with Crippen molar-refractivity contribution in [2.24, 2.45) is 0 Å². The maximum absolute atomic E-state index is 10.7. The molecule has 0 spiro atoms. The summed E-state index contributed by atoms with van der Waals surface area (Å²) in [6.07, 6.45) is -1.01. The second-order valence-electron chi connectivity index (χ2n) is 2.68.